The summed E-state index contributed by atoms with van der Waals surface area (Å²) in [6.07, 6.45) is 2.36. The van der Waals surface area contributed by atoms with Gasteiger partial charge in [0.15, 0.2) is 0 Å². The molecule has 116 valence electrons. The Kier molecular flexibility index (Phi) is 4.45. The van der Waals surface area contributed by atoms with Crippen LogP contribution in [0.5, 0.6) is 5.75 Å². The average molecular weight is 290 g/mol. The van der Waals surface area contributed by atoms with Gasteiger partial charge in [-0.2, -0.15) is 0 Å². The summed E-state index contributed by atoms with van der Waals surface area (Å²) in [7, 11) is 1.67. The van der Waals surface area contributed by atoms with Crippen molar-refractivity contribution in [3.8, 4) is 5.75 Å². The van der Waals surface area contributed by atoms with E-state index in [-0.39, 0.29) is 5.91 Å². The van der Waals surface area contributed by atoms with Crippen molar-refractivity contribution < 1.29 is 9.53 Å². The molecule has 0 saturated heterocycles. The highest BCUT2D eigenvalue weighted by atomic mass is 16.5. The molecule has 1 aromatic rings. The molecular weight excluding hydrogens is 264 g/mol. The van der Waals surface area contributed by atoms with Gasteiger partial charge >= 0.3 is 0 Å². The van der Waals surface area contributed by atoms with Crippen molar-refractivity contribution in [2.45, 2.75) is 46.6 Å². The van der Waals surface area contributed by atoms with E-state index < -0.39 is 0 Å². The van der Waals surface area contributed by atoms with Gasteiger partial charge in [-0.15, -0.1) is 0 Å². The number of rotatable bonds is 4. The van der Waals surface area contributed by atoms with E-state index in [1.807, 2.05) is 18.2 Å². The summed E-state index contributed by atoms with van der Waals surface area (Å²) >= 11 is 0. The summed E-state index contributed by atoms with van der Waals surface area (Å²) in [6, 6.07) is 6.12. The number of hydrogen-bond acceptors (Lipinski definition) is 3. The summed E-state index contributed by atoms with van der Waals surface area (Å²) in [4.78, 5) is 11.2. The second-order valence-corrected chi connectivity index (χ2v) is 6.90. The van der Waals surface area contributed by atoms with Gasteiger partial charge in [0.1, 0.15) is 5.75 Å². The van der Waals surface area contributed by atoms with Crippen LogP contribution in [0.15, 0.2) is 18.2 Å². The maximum absolute atomic E-state index is 11.2. The lowest BCUT2D eigenvalue weighted by Gasteiger charge is -2.22. The maximum Gasteiger partial charge on any atom is 0.221 e. The number of nitrogens with one attached hydrogen (secondary N) is 2. The van der Waals surface area contributed by atoms with Gasteiger partial charge in [-0.1, -0.05) is 20.8 Å². The quantitative estimate of drug-likeness (QED) is 0.884. The minimum atomic E-state index is -0.0681. The Labute approximate surface area is 127 Å². The Balaban J connectivity index is 2.19. The topological polar surface area (TPSA) is 50.4 Å². The molecule has 2 unspecified atom stereocenters. The highest BCUT2D eigenvalue weighted by Crippen LogP contribution is 2.43. The van der Waals surface area contributed by atoms with E-state index in [1.54, 1.807) is 7.11 Å². The molecule has 0 aliphatic heterocycles. The summed E-state index contributed by atoms with van der Waals surface area (Å²) in [5, 5.41) is 6.42. The normalized spacial score (nSPS) is 23.7. The first kappa shape index (κ1) is 15.7. The second kappa shape index (κ2) is 5.96. The Bertz CT molecular complexity index is 526. The zero-order chi connectivity index (χ0) is 15.6. The molecule has 1 aliphatic carbocycles. The van der Waals surface area contributed by atoms with Gasteiger partial charge in [-0.25, -0.2) is 0 Å². The molecule has 2 N–H and O–H groups in total. The lowest BCUT2D eigenvalue weighted by atomic mass is 9.91. The van der Waals surface area contributed by atoms with E-state index in [0.29, 0.717) is 17.4 Å². The molecule has 2 rings (SSSR count). The van der Waals surface area contributed by atoms with Crippen molar-refractivity contribution in [1.29, 1.82) is 0 Å². The van der Waals surface area contributed by atoms with E-state index in [2.05, 4.69) is 31.4 Å². The van der Waals surface area contributed by atoms with Crippen molar-refractivity contribution in [2.24, 2.45) is 11.3 Å². The first-order valence-corrected chi connectivity index (χ1v) is 7.53. The van der Waals surface area contributed by atoms with Gasteiger partial charge < -0.3 is 15.4 Å². The van der Waals surface area contributed by atoms with Crippen LogP contribution in [-0.2, 0) is 4.79 Å². The summed E-state index contributed by atoms with van der Waals surface area (Å²) in [6.45, 7) is 8.43. The third-order valence-corrected chi connectivity index (χ3v) is 4.19. The number of carbonyl (C=O) groups is 1. The minimum absolute atomic E-state index is 0.0681. The predicted molar refractivity (Wildman–Crippen MR) is 86.9 cm³/mol. The highest BCUT2D eigenvalue weighted by molar-refractivity contribution is 5.89. The van der Waals surface area contributed by atoms with E-state index in [0.717, 1.165) is 23.5 Å². The standard InChI is InChI=1S/C17H26N2O2/c1-11-9-17(3,4)10-15(11)19-14-8-13(18-12(2)20)6-7-16(14)21-5/h6-8,11,15,19H,9-10H2,1-5H3,(H,18,20). The van der Waals surface area contributed by atoms with Crippen LogP contribution in [0.25, 0.3) is 0 Å². The lowest BCUT2D eigenvalue weighted by Crippen LogP contribution is -2.23. The predicted octanol–water partition coefficient (Wildman–Crippen LogP) is 3.89. The molecule has 4 heteroatoms. The molecule has 0 radical (unpaired) electrons. The molecule has 0 aromatic heterocycles. The summed E-state index contributed by atoms with van der Waals surface area (Å²) in [5.41, 5.74) is 2.11. The van der Waals surface area contributed by atoms with Gasteiger partial charge in [-0.3, -0.25) is 4.79 Å². The van der Waals surface area contributed by atoms with Gasteiger partial charge in [0.05, 0.1) is 12.8 Å². The molecular formula is C17H26N2O2. The van der Waals surface area contributed by atoms with Crippen molar-refractivity contribution in [1.82, 2.24) is 0 Å². The zero-order valence-corrected chi connectivity index (χ0v) is 13.6. The molecule has 0 bridgehead atoms. The molecule has 21 heavy (non-hydrogen) atoms. The number of benzene rings is 1. The number of methoxy groups -OCH3 is 1. The fourth-order valence-corrected chi connectivity index (χ4v) is 3.39. The molecule has 2 atom stereocenters. The van der Waals surface area contributed by atoms with Crippen molar-refractivity contribution in [3.63, 3.8) is 0 Å². The second-order valence-electron chi connectivity index (χ2n) is 6.90. The molecule has 1 aliphatic rings. The maximum atomic E-state index is 11.2. The Morgan fingerprint density at radius 2 is 2.05 bits per heavy atom. The number of amides is 1. The number of ether oxygens (including phenoxy) is 1. The van der Waals surface area contributed by atoms with Gasteiger partial charge in [-0.05, 0) is 42.4 Å². The zero-order valence-electron chi connectivity index (χ0n) is 13.6. The number of hydrogen-bond donors (Lipinski definition) is 2. The van der Waals surface area contributed by atoms with Crippen LogP contribution < -0.4 is 15.4 Å². The third kappa shape index (κ3) is 3.90. The summed E-state index contributed by atoms with van der Waals surface area (Å²) in [5.74, 6) is 1.36. The first-order chi connectivity index (χ1) is 9.80. The average Bonchev–Trinajstić information content (AvgIpc) is 2.62. The van der Waals surface area contributed by atoms with E-state index in [9.17, 15) is 4.79 Å². The Morgan fingerprint density at radius 1 is 1.33 bits per heavy atom. The van der Waals surface area contributed by atoms with Crippen LogP contribution in [-0.4, -0.2) is 19.1 Å². The Hall–Kier alpha value is -1.71. The van der Waals surface area contributed by atoms with Crippen LogP contribution >= 0.6 is 0 Å². The van der Waals surface area contributed by atoms with Crippen molar-refractivity contribution in [2.75, 3.05) is 17.7 Å². The molecule has 1 amide bonds. The van der Waals surface area contributed by atoms with Crippen molar-refractivity contribution in [3.05, 3.63) is 18.2 Å². The van der Waals surface area contributed by atoms with Gasteiger partial charge in [0.25, 0.3) is 0 Å². The molecule has 1 saturated carbocycles. The molecule has 4 nitrogen and oxygen atoms in total. The highest BCUT2D eigenvalue weighted by Gasteiger charge is 2.36. The molecule has 1 fully saturated rings. The third-order valence-electron chi connectivity index (χ3n) is 4.19. The summed E-state index contributed by atoms with van der Waals surface area (Å²) < 4.78 is 5.43. The lowest BCUT2D eigenvalue weighted by molar-refractivity contribution is -0.114. The smallest absolute Gasteiger partial charge is 0.221 e. The van der Waals surface area contributed by atoms with Crippen molar-refractivity contribution >= 4 is 17.3 Å². The van der Waals surface area contributed by atoms with E-state index in [1.165, 1.54) is 13.3 Å². The Morgan fingerprint density at radius 3 is 2.57 bits per heavy atom. The minimum Gasteiger partial charge on any atom is -0.495 e. The van der Waals surface area contributed by atoms with E-state index >= 15 is 0 Å². The molecule has 1 aromatic carbocycles. The fraction of sp³-hybridized carbons (Fsp3) is 0.588. The molecule has 0 heterocycles. The van der Waals surface area contributed by atoms with E-state index in [4.69, 9.17) is 4.74 Å². The van der Waals surface area contributed by atoms with Crippen LogP contribution in [0.1, 0.15) is 40.5 Å². The monoisotopic (exact) mass is 290 g/mol. The van der Waals surface area contributed by atoms with Crippen LogP contribution in [0.2, 0.25) is 0 Å². The van der Waals surface area contributed by atoms with Gasteiger partial charge in [0.2, 0.25) is 5.91 Å². The number of anilines is 2. The molecule has 0 spiro atoms. The largest absolute Gasteiger partial charge is 0.495 e. The SMILES string of the molecule is COc1ccc(NC(C)=O)cc1NC1CC(C)(C)CC1C. The van der Waals surface area contributed by atoms with Crippen LogP contribution in [0, 0.1) is 11.3 Å². The van der Waals surface area contributed by atoms with Gasteiger partial charge in [0, 0.05) is 18.7 Å². The van der Waals surface area contributed by atoms with Crippen LogP contribution in [0.3, 0.4) is 0 Å². The first-order valence-electron chi connectivity index (χ1n) is 7.53. The number of carbonyl (C=O) groups excluding carboxylic acids is 1. The van der Waals surface area contributed by atoms with Crippen LogP contribution in [0.4, 0.5) is 11.4 Å². The fourth-order valence-electron chi connectivity index (χ4n) is 3.39.